The number of ether oxygens (including phenoxy) is 1. The van der Waals surface area contributed by atoms with Gasteiger partial charge in [-0.15, -0.1) is 0 Å². The fourth-order valence-electron chi connectivity index (χ4n) is 0.923. The van der Waals surface area contributed by atoms with E-state index in [2.05, 4.69) is 12.2 Å². The molecule has 2 unspecified atom stereocenters. The van der Waals surface area contributed by atoms with E-state index in [9.17, 15) is 4.79 Å². The average molecular weight is 157 g/mol. The molecule has 1 N–H and O–H groups in total. The first-order valence-corrected chi connectivity index (χ1v) is 4.06. The normalized spacial score (nSPS) is 28.4. The van der Waals surface area contributed by atoms with Crippen LogP contribution in [0.5, 0.6) is 0 Å². The molecule has 1 rings (SSSR count). The third-order valence-electron chi connectivity index (χ3n) is 1.76. The zero-order chi connectivity index (χ0) is 8.43. The number of amides is 1. The van der Waals surface area contributed by atoms with Crippen molar-refractivity contribution in [3.8, 4) is 0 Å². The molecule has 64 valence electrons. The quantitative estimate of drug-likeness (QED) is 0.660. The highest BCUT2D eigenvalue weighted by Crippen LogP contribution is 2.28. The van der Waals surface area contributed by atoms with Gasteiger partial charge in [0.1, 0.15) is 0 Å². The van der Waals surface area contributed by atoms with Crippen LogP contribution < -0.4 is 5.32 Å². The third kappa shape index (κ3) is 2.78. The van der Waals surface area contributed by atoms with Crippen molar-refractivity contribution in [3.63, 3.8) is 0 Å². The summed E-state index contributed by atoms with van der Waals surface area (Å²) in [6.45, 7) is 5.80. The van der Waals surface area contributed by atoms with Crippen LogP contribution in [0, 0.1) is 5.92 Å². The van der Waals surface area contributed by atoms with E-state index in [0.717, 1.165) is 6.42 Å². The molecular weight excluding hydrogens is 142 g/mol. The van der Waals surface area contributed by atoms with E-state index < -0.39 is 0 Å². The SMILES string of the molecule is CC(C)OC(=O)NC1CC1C. The van der Waals surface area contributed by atoms with Gasteiger partial charge < -0.3 is 10.1 Å². The summed E-state index contributed by atoms with van der Waals surface area (Å²) >= 11 is 0. The number of nitrogens with one attached hydrogen (secondary N) is 1. The summed E-state index contributed by atoms with van der Waals surface area (Å²) < 4.78 is 4.90. The van der Waals surface area contributed by atoms with E-state index in [1.807, 2.05) is 13.8 Å². The zero-order valence-corrected chi connectivity index (χ0v) is 7.26. The number of hydrogen-bond acceptors (Lipinski definition) is 2. The Morgan fingerprint density at radius 3 is 2.55 bits per heavy atom. The van der Waals surface area contributed by atoms with Crippen LogP contribution in [0.25, 0.3) is 0 Å². The molecular formula is C8H15NO2. The van der Waals surface area contributed by atoms with E-state index in [0.29, 0.717) is 12.0 Å². The van der Waals surface area contributed by atoms with Crippen LogP contribution in [0.1, 0.15) is 27.2 Å². The Morgan fingerprint density at radius 2 is 2.18 bits per heavy atom. The topological polar surface area (TPSA) is 38.3 Å². The van der Waals surface area contributed by atoms with Gasteiger partial charge in [-0.3, -0.25) is 0 Å². The van der Waals surface area contributed by atoms with Crippen LogP contribution in [0.3, 0.4) is 0 Å². The second kappa shape index (κ2) is 3.11. The van der Waals surface area contributed by atoms with Gasteiger partial charge in [0.05, 0.1) is 6.10 Å². The lowest BCUT2D eigenvalue weighted by Crippen LogP contribution is -2.29. The van der Waals surface area contributed by atoms with Crippen molar-refractivity contribution in [3.05, 3.63) is 0 Å². The molecule has 0 radical (unpaired) electrons. The van der Waals surface area contributed by atoms with Crippen molar-refractivity contribution in [2.75, 3.05) is 0 Å². The Hall–Kier alpha value is -0.730. The standard InChI is InChI=1S/C8H15NO2/c1-5(2)11-8(10)9-7-4-6(7)3/h5-7H,4H2,1-3H3,(H,9,10). The van der Waals surface area contributed by atoms with Crippen LogP contribution in [-0.4, -0.2) is 18.2 Å². The molecule has 1 saturated carbocycles. The Labute approximate surface area is 67.1 Å². The van der Waals surface area contributed by atoms with E-state index in [1.165, 1.54) is 0 Å². The second-order valence-corrected chi connectivity index (χ2v) is 3.42. The van der Waals surface area contributed by atoms with Gasteiger partial charge >= 0.3 is 6.09 Å². The Bertz CT molecular complexity index is 156. The molecule has 3 heteroatoms. The molecule has 0 aliphatic heterocycles. The highest BCUT2D eigenvalue weighted by molar-refractivity contribution is 5.68. The van der Waals surface area contributed by atoms with Gasteiger partial charge in [0.25, 0.3) is 0 Å². The van der Waals surface area contributed by atoms with Crippen molar-refractivity contribution in [1.29, 1.82) is 0 Å². The maximum Gasteiger partial charge on any atom is 0.407 e. The number of carbonyl (C=O) groups is 1. The average Bonchev–Trinajstić information content (AvgIpc) is 2.43. The van der Waals surface area contributed by atoms with Gasteiger partial charge in [-0.05, 0) is 26.2 Å². The number of alkyl carbamates (subject to hydrolysis) is 1. The highest BCUT2D eigenvalue weighted by atomic mass is 16.6. The largest absolute Gasteiger partial charge is 0.447 e. The van der Waals surface area contributed by atoms with Crippen molar-refractivity contribution < 1.29 is 9.53 Å². The summed E-state index contributed by atoms with van der Waals surface area (Å²) in [5.41, 5.74) is 0. The fraction of sp³-hybridized carbons (Fsp3) is 0.875. The molecule has 0 aromatic heterocycles. The Kier molecular flexibility index (Phi) is 2.37. The molecule has 0 aromatic carbocycles. The van der Waals surface area contributed by atoms with Crippen LogP contribution >= 0.6 is 0 Å². The first kappa shape index (κ1) is 8.37. The monoisotopic (exact) mass is 157 g/mol. The number of rotatable bonds is 2. The van der Waals surface area contributed by atoms with Gasteiger partial charge in [-0.2, -0.15) is 0 Å². The molecule has 2 atom stereocenters. The van der Waals surface area contributed by atoms with E-state index >= 15 is 0 Å². The summed E-state index contributed by atoms with van der Waals surface area (Å²) in [6, 6.07) is 0.362. The lowest BCUT2D eigenvalue weighted by molar-refractivity contribution is 0.115. The molecule has 11 heavy (non-hydrogen) atoms. The predicted octanol–water partition coefficient (Wildman–Crippen LogP) is 1.53. The Balaban J connectivity index is 2.11. The lowest BCUT2D eigenvalue weighted by Gasteiger charge is -2.08. The molecule has 0 heterocycles. The van der Waals surface area contributed by atoms with Crippen LogP contribution in [-0.2, 0) is 4.74 Å². The molecule has 1 fully saturated rings. The lowest BCUT2D eigenvalue weighted by atomic mass is 10.5. The molecule has 1 amide bonds. The van der Waals surface area contributed by atoms with Crippen molar-refractivity contribution >= 4 is 6.09 Å². The van der Waals surface area contributed by atoms with Gasteiger partial charge in [0.15, 0.2) is 0 Å². The first-order valence-electron chi connectivity index (χ1n) is 4.06. The summed E-state index contributed by atoms with van der Waals surface area (Å²) in [6.07, 6.45) is 0.783. The molecule has 0 bridgehead atoms. The van der Waals surface area contributed by atoms with Gasteiger partial charge in [-0.25, -0.2) is 4.79 Å². The smallest absolute Gasteiger partial charge is 0.407 e. The van der Waals surface area contributed by atoms with Gasteiger partial charge in [-0.1, -0.05) is 6.92 Å². The van der Waals surface area contributed by atoms with E-state index in [4.69, 9.17) is 4.74 Å². The van der Waals surface area contributed by atoms with Crippen molar-refractivity contribution in [2.45, 2.75) is 39.3 Å². The maximum atomic E-state index is 10.9. The minimum atomic E-state index is -0.283. The van der Waals surface area contributed by atoms with E-state index in [-0.39, 0.29) is 12.2 Å². The summed E-state index contributed by atoms with van der Waals surface area (Å²) in [5, 5.41) is 2.77. The molecule has 0 spiro atoms. The molecule has 3 nitrogen and oxygen atoms in total. The Morgan fingerprint density at radius 1 is 1.64 bits per heavy atom. The maximum absolute atomic E-state index is 10.9. The molecule has 1 aliphatic carbocycles. The third-order valence-corrected chi connectivity index (χ3v) is 1.76. The van der Waals surface area contributed by atoms with Crippen LogP contribution in [0.2, 0.25) is 0 Å². The van der Waals surface area contributed by atoms with Crippen molar-refractivity contribution in [2.24, 2.45) is 5.92 Å². The molecule has 1 aliphatic rings. The minimum absolute atomic E-state index is 0.0240. The summed E-state index contributed by atoms with van der Waals surface area (Å²) in [7, 11) is 0. The zero-order valence-electron chi connectivity index (χ0n) is 7.26. The predicted molar refractivity (Wildman–Crippen MR) is 42.3 cm³/mol. The highest BCUT2D eigenvalue weighted by Gasteiger charge is 2.34. The molecule has 0 aromatic rings. The minimum Gasteiger partial charge on any atom is -0.447 e. The van der Waals surface area contributed by atoms with Crippen molar-refractivity contribution in [1.82, 2.24) is 5.32 Å². The summed E-state index contributed by atoms with van der Waals surface area (Å²) in [5.74, 6) is 0.634. The van der Waals surface area contributed by atoms with E-state index in [1.54, 1.807) is 0 Å². The molecule has 0 saturated heterocycles. The second-order valence-electron chi connectivity index (χ2n) is 3.42. The van der Waals surface area contributed by atoms with Gasteiger partial charge in [0, 0.05) is 6.04 Å². The summed E-state index contributed by atoms with van der Waals surface area (Å²) in [4.78, 5) is 10.9. The van der Waals surface area contributed by atoms with Crippen LogP contribution in [0.15, 0.2) is 0 Å². The number of hydrogen-bond donors (Lipinski definition) is 1. The fourth-order valence-corrected chi connectivity index (χ4v) is 0.923. The van der Waals surface area contributed by atoms with Gasteiger partial charge in [0.2, 0.25) is 0 Å². The van der Waals surface area contributed by atoms with Crippen LogP contribution in [0.4, 0.5) is 4.79 Å². The number of carbonyl (C=O) groups excluding carboxylic acids is 1. The first-order chi connectivity index (χ1) is 5.09.